The molecular formula is C20H20N4O6S2. The summed E-state index contributed by atoms with van der Waals surface area (Å²) in [6, 6.07) is 2.70. The third-order valence-corrected chi connectivity index (χ3v) is 8.42. The van der Waals surface area contributed by atoms with E-state index in [0.29, 0.717) is 16.9 Å². The number of hydrogen-bond donors (Lipinski definition) is 1. The lowest BCUT2D eigenvalue weighted by molar-refractivity contribution is -0.136. The standard InChI is InChI=1S/C20H20N4O6S2/c21-19(27)13-6-9-31-16(13)3-4-17(26)23-8-5-14-18(23)15(25)11-24(14)32(29,30)20(28)12-2-1-7-22-10-12/h1-2,6-7,9-10,14,18H,3-5,8,11H2,(H2,21,27). The van der Waals surface area contributed by atoms with Crippen LogP contribution in [-0.4, -0.2) is 70.5 Å². The first-order valence-electron chi connectivity index (χ1n) is 9.86. The highest BCUT2D eigenvalue weighted by atomic mass is 32.2. The molecule has 2 N–H and O–H groups in total. The number of sulfonamides is 1. The van der Waals surface area contributed by atoms with E-state index >= 15 is 0 Å². The van der Waals surface area contributed by atoms with Gasteiger partial charge in [-0.15, -0.1) is 11.3 Å². The second-order valence-corrected chi connectivity index (χ2v) is 10.3. The molecule has 2 aromatic heterocycles. The summed E-state index contributed by atoms with van der Waals surface area (Å²) in [6.45, 7) is -0.246. The minimum absolute atomic E-state index is 0.0542. The maximum atomic E-state index is 12.9. The molecule has 0 saturated carbocycles. The van der Waals surface area contributed by atoms with Gasteiger partial charge in [-0.3, -0.25) is 24.2 Å². The van der Waals surface area contributed by atoms with Crippen molar-refractivity contribution in [2.45, 2.75) is 31.3 Å². The van der Waals surface area contributed by atoms with Crippen molar-refractivity contribution in [2.24, 2.45) is 5.73 Å². The second-order valence-electron chi connectivity index (χ2n) is 7.56. The Bertz CT molecular complexity index is 1190. The maximum Gasteiger partial charge on any atom is 0.293 e. The van der Waals surface area contributed by atoms with Gasteiger partial charge in [0, 0.05) is 30.2 Å². The molecule has 168 valence electrons. The van der Waals surface area contributed by atoms with E-state index in [1.807, 2.05) is 0 Å². The lowest BCUT2D eigenvalue weighted by Gasteiger charge is -2.23. The number of likely N-dealkylation sites (tertiary alicyclic amines) is 1. The Balaban J connectivity index is 1.48. The van der Waals surface area contributed by atoms with Crippen LogP contribution in [0.3, 0.4) is 0 Å². The van der Waals surface area contributed by atoms with Gasteiger partial charge in [0.15, 0.2) is 5.78 Å². The van der Waals surface area contributed by atoms with Gasteiger partial charge >= 0.3 is 0 Å². The Labute approximate surface area is 188 Å². The molecule has 0 bridgehead atoms. The van der Waals surface area contributed by atoms with Crippen molar-refractivity contribution in [3.8, 4) is 0 Å². The molecule has 4 rings (SSSR count). The fraction of sp³-hybridized carbons (Fsp3) is 0.350. The lowest BCUT2D eigenvalue weighted by Crippen LogP contribution is -2.44. The molecule has 2 aliphatic rings. The van der Waals surface area contributed by atoms with E-state index in [4.69, 9.17) is 5.73 Å². The van der Waals surface area contributed by atoms with Crippen LogP contribution < -0.4 is 5.73 Å². The Morgan fingerprint density at radius 1 is 1.25 bits per heavy atom. The van der Waals surface area contributed by atoms with Crippen molar-refractivity contribution in [3.63, 3.8) is 0 Å². The third-order valence-electron chi connectivity index (χ3n) is 5.71. The van der Waals surface area contributed by atoms with Crippen LogP contribution in [0.4, 0.5) is 0 Å². The summed E-state index contributed by atoms with van der Waals surface area (Å²) in [5.41, 5.74) is 5.61. The number of fused-ring (bicyclic) bond motifs is 1. The predicted molar refractivity (Wildman–Crippen MR) is 114 cm³/mol. The molecule has 2 amide bonds. The van der Waals surface area contributed by atoms with Crippen molar-refractivity contribution < 1.29 is 27.6 Å². The van der Waals surface area contributed by atoms with Gasteiger partial charge in [0.1, 0.15) is 6.04 Å². The number of carbonyl (C=O) groups is 4. The average Bonchev–Trinajstić information content (AvgIpc) is 3.49. The fourth-order valence-corrected chi connectivity index (χ4v) is 6.62. The van der Waals surface area contributed by atoms with E-state index in [-0.39, 0.29) is 30.9 Å². The van der Waals surface area contributed by atoms with E-state index in [2.05, 4.69) is 4.98 Å². The van der Waals surface area contributed by atoms with Crippen LogP contribution in [0.25, 0.3) is 0 Å². The Hall–Kier alpha value is -2.96. The SMILES string of the molecule is NC(=O)c1ccsc1CCC(=O)N1CCC2C1C(=O)CN2S(=O)(=O)C(=O)c1cccnc1. The molecule has 0 aromatic carbocycles. The van der Waals surface area contributed by atoms with Gasteiger partial charge in [-0.05, 0) is 36.4 Å². The summed E-state index contributed by atoms with van der Waals surface area (Å²) in [7, 11) is -4.44. The highest BCUT2D eigenvalue weighted by Crippen LogP contribution is 2.33. The molecule has 2 atom stereocenters. The zero-order valence-corrected chi connectivity index (χ0v) is 18.5. The Morgan fingerprint density at radius 2 is 2.03 bits per heavy atom. The summed E-state index contributed by atoms with van der Waals surface area (Å²) >= 11 is 1.32. The van der Waals surface area contributed by atoms with Crippen molar-refractivity contribution in [1.29, 1.82) is 0 Å². The summed E-state index contributed by atoms with van der Waals surface area (Å²) in [4.78, 5) is 55.4. The molecule has 2 fully saturated rings. The molecule has 2 saturated heterocycles. The topological polar surface area (TPSA) is 148 Å². The smallest absolute Gasteiger partial charge is 0.293 e. The molecule has 0 aliphatic carbocycles. The van der Waals surface area contributed by atoms with Crippen LogP contribution in [0.2, 0.25) is 0 Å². The fourth-order valence-electron chi connectivity index (χ4n) is 4.23. The summed E-state index contributed by atoms with van der Waals surface area (Å²) in [5, 5.41) is 0.592. The number of primary amides is 1. The van der Waals surface area contributed by atoms with E-state index in [1.165, 1.54) is 34.6 Å². The number of aryl methyl sites for hydroxylation is 1. The first kappa shape index (κ1) is 22.2. The molecule has 32 heavy (non-hydrogen) atoms. The van der Waals surface area contributed by atoms with Gasteiger partial charge < -0.3 is 10.6 Å². The van der Waals surface area contributed by atoms with Crippen LogP contribution >= 0.6 is 11.3 Å². The molecule has 2 unspecified atom stereocenters. The minimum Gasteiger partial charge on any atom is -0.366 e. The van der Waals surface area contributed by atoms with Crippen molar-refractivity contribution in [1.82, 2.24) is 14.2 Å². The van der Waals surface area contributed by atoms with Gasteiger partial charge in [0.2, 0.25) is 11.8 Å². The van der Waals surface area contributed by atoms with E-state index in [0.717, 1.165) is 10.5 Å². The molecular weight excluding hydrogens is 456 g/mol. The van der Waals surface area contributed by atoms with Gasteiger partial charge in [0.05, 0.1) is 23.7 Å². The number of pyridine rings is 1. The number of nitrogens with zero attached hydrogens (tertiary/aromatic N) is 3. The van der Waals surface area contributed by atoms with Gasteiger partial charge in [-0.2, -0.15) is 4.31 Å². The molecule has 4 heterocycles. The van der Waals surface area contributed by atoms with Crippen LogP contribution in [0, 0.1) is 0 Å². The minimum atomic E-state index is -4.44. The molecule has 2 aliphatic heterocycles. The van der Waals surface area contributed by atoms with Crippen molar-refractivity contribution in [2.75, 3.05) is 13.1 Å². The molecule has 0 radical (unpaired) electrons. The molecule has 0 spiro atoms. The van der Waals surface area contributed by atoms with Crippen molar-refractivity contribution in [3.05, 3.63) is 52.0 Å². The number of aromatic nitrogens is 1. The highest BCUT2D eigenvalue weighted by Gasteiger charge is 2.54. The Kier molecular flexibility index (Phi) is 5.93. The third kappa shape index (κ3) is 3.85. The van der Waals surface area contributed by atoms with Crippen molar-refractivity contribution >= 4 is 44.1 Å². The number of rotatable bonds is 6. The first-order valence-corrected chi connectivity index (χ1v) is 12.2. The van der Waals surface area contributed by atoms with Crippen LogP contribution in [0.1, 0.15) is 38.4 Å². The number of Topliss-reactive ketones (excluding diaryl/α,β-unsaturated/α-hetero) is 1. The summed E-state index contributed by atoms with van der Waals surface area (Å²) in [5.74, 6) is -1.30. The first-order chi connectivity index (χ1) is 15.2. The number of carbonyl (C=O) groups excluding carboxylic acids is 4. The Morgan fingerprint density at radius 3 is 2.72 bits per heavy atom. The number of ketones is 1. The zero-order chi connectivity index (χ0) is 23.0. The van der Waals surface area contributed by atoms with Crippen LogP contribution in [0.5, 0.6) is 0 Å². The van der Waals surface area contributed by atoms with Gasteiger partial charge in [-0.1, -0.05) is 0 Å². The number of nitrogens with two attached hydrogens (primary N) is 1. The second kappa shape index (κ2) is 8.52. The van der Waals surface area contributed by atoms with E-state index in [9.17, 15) is 27.6 Å². The predicted octanol–water partition coefficient (Wildman–Crippen LogP) is 0.199. The molecule has 10 nitrogen and oxygen atoms in total. The molecule has 2 aromatic rings. The van der Waals surface area contributed by atoms with Crippen LogP contribution in [-0.2, 0) is 26.0 Å². The quantitative estimate of drug-likeness (QED) is 0.626. The van der Waals surface area contributed by atoms with Gasteiger partial charge in [0.25, 0.3) is 15.1 Å². The summed E-state index contributed by atoms with van der Waals surface area (Å²) < 4.78 is 26.8. The normalized spacial score (nSPS) is 21.0. The number of thiophene rings is 1. The van der Waals surface area contributed by atoms with E-state index in [1.54, 1.807) is 11.4 Å². The zero-order valence-electron chi connectivity index (χ0n) is 16.8. The maximum absolute atomic E-state index is 12.9. The largest absolute Gasteiger partial charge is 0.366 e. The monoisotopic (exact) mass is 476 g/mol. The average molecular weight is 477 g/mol. The van der Waals surface area contributed by atoms with Crippen LogP contribution in [0.15, 0.2) is 36.0 Å². The summed E-state index contributed by atoms with van der Waals surface area (Å²) in [6.07, 6.45) is 3.18. The highest BCUT2D eigenvalue weighted by molar-refractivity contribution is 8.04. The number of hydrogen-bond acceptors (Lipinski definition) is 8. The lowest BCUT2D eigenvalue weighted by atomic mass is 10.1. The van der Waals surface area contributed by atoms with Gasteiger partial charge in [-0.25, -0.2) is 8.42 Å². The number of amides is 2. The van der Waals surface area contributed by atoms with E-state index < -0.39 is 45.5 Å². The molecule has 12 heteroatoms.